The third-order valence-electron chi connectivity index (χ3n) is 2.65. The van der Waals surface area contributed by atoms with Gasteiger partial charge in [0.1, 0.15) is 0 Å². The lowest BCUT2D eigenvalue weighted by Gasteiger charge is -2.24. The standard InChI is InChI=1S/C10H19N/c1-5-10-6-7-11(8(2)3)9(10)4/h8H,5-7H2,1-4H3. The van der Waals surface area contributed by atoms with Crippen LogP contribution in [-0.4, -0.2) is 17.5 Å². The smallest absolute Gasteiger partial charge is 0.0230 e. The van der Waals surface area contributed by atoms with Crippen LogP contribution in [0.5, 0.6) is 0 Å². The zero-order valence-corrected chi connectivity index (χ0v) is 8.15. The van der Waals surface area contributed by atoms with E-state index in [-0.39, 0.29) is 0 Å². The minimum Gasteiger partial charge on any atom is -0.372 e. The van der Waals surface area contributed by atoms with Gasteiger partial charge in [-0.1, -0.05) is 6.92 Å². The maximum atomic E-state index is 2.50. The lowest BCUT2D eigenvalue weighted by Crippen LogP contribution is -2.26. The van der Waals surface area contributed by atoms with Crippen molar-refractivity contribution in [1.82, 2.24) is 4.90 Å². The zero-order valence-electron chi connectivity index (χ0n) is 8.15. The van der Waals surface area contributed by atoms with Crippen LogP contribution in [0.3, 0.4) is 0 Å². The topological polar surface area (TPSA) is 3.24 Å². The van der Waals surface area contributed by atoms with Gasteiger partial charge >= 0.3 is 0 Å². The maximum absolute atomic E-state index is 2.50. The second-order valence-corrected chi connectivity index (χ2v) is 3.58. The minimum atomic E-state index is 0.680. The van der Waals surface area contributed by atoms with E-state index in [9.17, 15) is 0 Å². The second kappa shape index (κ2) is 3.29. The summed E-state index contributed by atoms with van der Waals surface area (Å²) in [6, 6.07) is 0.680. The molecule has 1 rings (SSSR count). The fourth-order valence-electron chi connectivity index (χ4n) is 1.89. The number of hydrogen-bond acceptors (Lipinski definition) is 1. The highest BCUT2D eigenvalue weighted by molar-refractivity contribution is 5.17. The van der Waals surface area contributed by atoms with Crippen molar-refractivity contribution in [2.75, 3.05) is 6.54 Å². The molecular weight excluding hydrogens is 134 g/mol. The molecule has 0 saturated carbocycles. The van der Waals surface area contributed by atoms with Gasteiger partial charge in [-0.25, -0.2) is 0 Å². The Bertz CT molecular complexity index is 168. The molecule has 1 aliphatic rings. The average Bonchev–Trinajstić information content (AvgIpc) is 2.30. The Morgan fingerprint density at radius 2 is 2.09 bits per heavy atom. The Morgan fingerprint density at radius 3 is 2.36 bits per heavy atom. The van der Waals surface area contributed by atoms with Crippen LogP contribution in [0.4, 0.5) is 0 Å². The molecule has 0 bridgehead atoms. The van der Waals surface area contributed by atoms with Gasteiger partial charge in [-0.2, -0.15) is 0 Å². The molecule has 0 amide bonds. The van der Waals surface area contributed by atoms with Gasteiger partial charge in [0.2, 0.25) is 0 Å². The third kappa shape index (κ3) is 1.58. The van der Waals surface area contributed by atoms with Gasteiger partial charge in [-0.05, 0) is 39.2 Å². The highest BCUT2D eigenvalue weighted by atomic mass is 15.2. The van der Waals surface area contributed by atoms with E-state index in [1.165, 1.54) is 25.1 Å². The summed E-state index contributed by atoms with van der Waals surface area (Å²) in [6.07, 6.45) is 2.52. The summed E-state index contributed by atoms with van der Waals surface area (Å²) in [4.78, 5) is 2.50. The highest BCUT2D eigenvalue weighted by Gasteiger charge is 2.19. The highest BCUT2D eigenvalue weighted by Crippen LogP contribution is 2.26. The molecule has 0 saturated heterocycles. The molecular formula is C10H19N. The van der Waals surface area contributed by atoms with Crippen molar-refractivity contribution in [2.45, 2.75) is 46.6 Å². The van der Waals surface area contributed by atoms with Gasteiger partial charge in [-0.15, -0.1) is 0 Å². The molecule has 0 atom stereocenters. The largest absolute Gasteiger partial charge is 0.372 e. The Balaban J connectivity index is 2.69. The summed E-state index contributed by atoms with van der Waals surface area (Å²) in [7, 11) is 0. The van der Waals surface area contributed by atoms with Crippen LogP contribution in [0.1, 0.15) is 40.5 Å². The molecule has 0 spiro atoms. The molecule has 0 aromatic heterocycles. The van der Waals surface area contributed by atoms with Gasteiger partial charge in [-0.3, -0.25) is 0 Å². The van der Waals surface area contributed by atoms with Crippen LogP contribution >= 0.6 is 0 Å². The van der Waals surface area contributed by atoms with Crippen molar-refractivity contribution in [3.05, 3.63) is 11.3 Å². The van der Waals surface area contributed by atoms with Crippen LogP contribution in [-0.2, 0) is 0 Å². The fourth-order valence-corrected chi connectivity index (χ4v) is 1.89. The molecule has 1 heteroatoms. The number of rotatable bonds is 2. The van der Waals surface area contributed by atoms with Crippen molar-refractivity contribution in [3.63, 3.8) is 0 Å². The van der Waals surface area contributed by atoms with Crippen molar-refractivity contribution < 1.29 is 0 Å². The van der Waals surface area contributed by atoms with E-state index < -0.39 is 0 Å². The quantitative estimate of drug-likeness (QED) is 0.589. The van der Waals surface area contributed by atoms with Crippen LogP contribution < -0.4 is 0 Å². The Labute approximate surface area is 70.1 Å². The monoisotopic (exact) mass is 153 g/mol. The first-order valence-electron chi connectivity index (χ1n) is 4.62. The summed E-state index contributed by atoms with van der Waals surface area (Å²) in [5.74, 6) is 0. The van der Waals surface area contributed by atoms with Crippen molar-refractivity contribution in [3.8, 4) is 0 Å². The molecule has 0 unspecified atom stereocenters. The van der Waals surface area contributed by atoms with E-state index >= 15 is 0 Å². The normalized spacial score (nSPS) is 18.8. The predicted octanol–water partition coefficient (Wildman–Crippen LogP) is 2.78. The van der Waals surface area contributed by atoms with Crippen LogP contribution in [0.25, 0.3) is 0 Å². The van der Waals surface area contributed by atoms with E-state index in [2.05, 4.69) is 32.6 Å². The average molecular weight is 153 g/mol. The number of nitrogens with zero attached hydrogens (tertiary/aromatic N) is 1. The van der Waals surface area contributed by atoms with Crippen molar-refractivity contribution in [2.24, 2.45) is 0 Å². The first-order valence-corrected chi connectivity index (χ1v) is 4.62. The molecule has 0 aromatic rings. The first kappa shape index (κ1) is 8.63. The number of allylic oxidation sites excluding steroid dienone is 1. The molecule has 1 nitrogen and oxygen atoms in total. The van der Waals surface area contributed by atoms with Gasteiger partial charge in [0, 0.05) is 18.3 Å². The van der Waals surface area contributed by atoms with Crippen LogP contribution in [0.15, 0.2) is 11.3 Å². The van der Waals surface area contributed by atoms with E-state index in [1.807, 2.05) is 0 Å². The Hall–Kier alpha value is -0.460. The third-order valence-corrected chi connectivity index (χ3v) is 2.65. The summed E-state index contributed by atoms with van der Waals surface area (Å²) < 4.78 is 0. The molecule has 0 fully saturated rings. The summed E-state index contributed by atoms with van der Waals surface area (Å²) in [6.45, 7) is 10.3. The number of hydrogen-bond donors (Lipinski definition) is 0. The molecule has 0 N–H and O–H groups in total. The van der Waals surface area contributed by atoms with E-state index in [0.717, 1.165) is 0 Å². The van der Waals surface area contributed by atoms with Gasteiger partial charge in [0.15, 0.2) is 0 Å². The predicted molar refractivity (Wildman–Crippen MR) is 49.5 cm³/mol. The van der Waals surface area contributed by atoms with Crippen LogP contribution in [0, 0.1) is 0 Å². The SMILES string of the molecule is CCC1=C(C)N(C(C)C)CC1. The second-order valence-electron chi connectivity index (χ2n) is 3.58. The fraction of sp³-hybridized carbons (Fsp3) is 0.800. The zero-order chi connectivity index (χ0) is 8.43. The molecule has 0 radical (unpaired) electrons. The Kier molecular flexibility index (Phi) is 2.58. The maximum Gasteiger partial charge on any atom is 0.0230 e. The van der Waals surface area contributed by atoms with E-state index in [1.54, 1.807) is 5.57 Å². The molecule has 11 heavy (non-hydrogen) atoms. The van der Waals surface area contributed by atoms with E-state index in [4.69, 9.17) is 0 Å². The van der Waals surface area contributed by atoms with Crippen molar-refractivity contribution >= 4 is 0 Å². The molecule has 1 aliphatic heterocycles. The van der Waals surface area contributed by atoms with Gasteiger partial charge in [0.25, 0.3) is 0 Å². The van der Waals surface area contributed by atoms with Crippen molar-refractivity contribution in [1.29, 1.82) is 0 Å². The molecule has 64 valence electrons. The van der Waals surface area contributed by atoms with Crippen LogP contribution in [0.2, 0.25) is 0 Å². The minimum absolute atomic E-state index is 0.680. The Morgan fingerprint density at radius 1 is 1.45 bits per heavy atom. The van der Waals surface area contributed by atoms with Gasteiger partial charge < -0.3 is 4.90 Å². The molecule has 0 aromatic carbocycles. The summed E-state index contributed by atoms with van der Waals surface area (Å²) >= 11 is 0. The first-order chi connectivity index (χ1) is 5.16. The molecule has 1 heterocycles. The van der Waals surface area contributed by atoms with E-state index in [0.29, 0.717) is 6.04 Å². The lowest BCUT2D eigenvalue weighted by atomic mass is 10.1. The molecule has 0 aliphatic carbocycles. The summed E-state index contributed by atoms with van der Waals surface area (Å²) in [5, 5.41) is 0. The van der Waals surface area contributed by atoms with Gasteiger partial charge in [0.05, 0.1) is 0 Å². The lowest BCUT2D eigenvalue weighted by molar-refractivity contribution is 0.310. The summed E-state index contributed by atoms with van der Waals surface area (Å²) in [5.41, 5.74) is 3.18.